The molecule has 0 saturated carbocycles. The number of allylic oxidation sites excluding steroid dienone is 2. The van der Waals surface area contributed by atoms with E-state index in [-0.39, 0.29) is 11.4 Å². The summed E-state index contributed by atoms with van der Waals surface area (Å²) in [4.78, 5) is 47.5. The SMILES string of the molecule is O=C(CN1C(=O)[C@H]2CC=CC[C@H]2C1=O)Nc1cc([N+](=O)[O-])ccc1F. The summed E-state index contributed by atoms with van der Waals surface area (Å²) in [6.45, 7) is -0.549. The van der Waals surface area contributed by atoms with Crippen LogP contribution in [0, 0.1) is 27.8 Å². The molecule has 1 aliphatic heterocycles. The average Bonchev–Trinajstić information content (AvgIpc) is 2.82. The van der Waals surface area contributed by atoms with Gasteiger partial charge in [-0.05, 0) is 18.9 Å². The van der Waals surface area contributed by atoms with E-state index in [0.29, 0.717) is 12.8 Å². The van der Waals surface area contributed by atoms with Crippen LogP contribution in [0.3, 0.4) is 0 Å². The molecular formula is C16H14FN3O5. The Morgan fingerprint density at radius 1 is 1.24 bits per heavy atom. The zero-order chi connectivity index (χ0) is 18.1. The smallest absolute Gasteiger partial charge is 0.271 e. The van der Waals surface area contributed by atoms with Crippen molar-refractivity contribution in [2.75, 3.05) is 11.9 Å². The van der Waals surface area contributed by atoms with E-state index in [0.717, 1.165) is 23.1 Å². The summed E-state index contributed by atoms with van der Waals surface area (Å²) in [5.74, 6) is -3.41. The van der Waals surface area contributed by atoms with Crippen LogP contribution in [0.4, 0.5) is 15.8 Å². The van der Waals surface area contributed by atoms with Gasteiger partial charge in [-0.1, -0.05) is 12.2 Å². The fourth-order valence-corrected chi connectivity index (χ4v) is 3.08. The van der Waals surface area contributed by atoms with Crippen LogP contribution in [0.2, 0.25) is 0 Å². The number of nitrogens with zero attached hydrogens (tertiary/aromatic N) is 2. The van der Waals surface area contributed by atoms with Gasteiger partial charge in [-0.15, -0.1) is 0 Å². The van der Waals surface area contributed by atoms with Crippen molar-refractivity contribution < 1.29 is 23.7 Å². The number of hydrogen-bond donors (Lipinski definition) is 1. The highest BCUT2D eigenvalue weighted by molar-refractivity contribution is 6.08. The summed E-state index contributed by atoms with van der Waals surface area (Å²) in [7, 11) is 0. The zero-order valence-electron chi connectivity index (χ0n) is 13.0. The van der Waals surface area contributed by atoms with Gasteiger partial charge in [0.25, 0.3) is 5.69 Å². The van der Waals surface area contributed by atoms with Crippen molar-refractivity contribution in [3.8, 4) is 0 Å². The molecule has 1 N–H and O–H groups in total. The molecule has 8 nitrogen and oxygen atoms in total. The van der Waals surface area contributed by atoms with Crippen molar-refractivity contribution in [2.45, 2.75) is 12.8 Å². The van der Waals surface area contributed by atoms with Crippen LogP contribution in [-0.2, 0) is 14.4 Å². The Kier molecular flexibility index (Phi) is 4.30. The fourth-order valence-electron chi connectivity index (χ4n) is 3.08. The van der Waals surface area contributed by atoms with Crippen molar-refractivity contribution in [1.29, 1.82) is 0 Å². The number of nitrogens with one attached hydrogen (secondary N) is 1. The van der Waals surface area contributed by atoms with E-state index in [1.165, 1.54) is 0 Å². The topological polar surface area (TPSA) is 110 Å². The number of benzene rings is 1. The van der Waals surface area contributed by atoms with E-state index in [4.69, 9.17) is 0 Å². The molecule has 2 atom stereocenters. The summed E-state index contributed by atoms with van der Waals surface area (Å²) in [6.07, 6.45) is 4.56. The Balaban J connectivity index is 1.71. The predicted octanol–water partition coefficient (Wildman–Crippen LogP) is 1.62. The number of imide groups is 1. The molecule has 3 amide bonds. The van der Waals surface area contributed by atoms with Gasteiger partial charge >= 0.3 is 0 Å². The Labute approximate surface area is 141 Å². The first-order chi connectivity index (χ1) is 11.9. The van der Waals surface area contributed by atoms with Crippen LogP contribution in [0.1, 0.15) is 12.8 Å². The maximum Gasteiger partial charge on any atom is 0.271 e. The van der Waals surface area contributed by atoms with Crippen LogP contribution < -0.4 is 5.32 Å². The number of rotatable bonds is 4. The lowest BCUT2D eigenvalue weighted by Crippen LogP contribution is -2.38. The number of fused-ring (bicyclic) bond motifs is 1. The minimum Gasteiger partial charge on any atom is -0.322 e. The number of nitro benzene ring substituents is 1. The van der Waals surface area contributed by atoms with E-state index in [9.17, 15) is 28.9 Å². The molecule has 3 rings (SSSR count). The number of likely N-dealkylation sites (tertiary alicyclic amines) is 1. The van der Waals surface area contributed by atoms with E-state index >= 15 is 0 Å². The van der Waals surface area contributed by atoms with Gasteiger partial charge in [0.15, 0.2) is 0 Å². The van der Waals surface area contributed by atoms with Gasteiger partial charge in [0.2, 0.25) is 17.7 Å². The molecule has 0 spiro atoms. The minimum atomic E-state index is -0.851. The van der Waals surface area contributed by atoms with E-state index in [2.05, 4.69) is 5.32 Å². The third-order valence-electron chi connectivity index (χ3n) is 4.34. The highest BCUT2D eigenvalue weighted by Crippen LogP contribution is 2.34. The first kappa shape index (κ1) is 16.7. The normalized spacial score (nSPS) is 22.0. The number of carbonyl (C=O) groups is 3. The summed E-state index contributed by atoms with van der Waals surface area (Å²) >= 11 is 0. The van der Waals surface area contributed by atoms with Gasteiger partial charge in [0.05, 0.1) is 22.4 Å². The van der Waals surface area contributed by atoms with Gasteiger partial charge in [0, 0.05) is 12.1 Å². The quantitative estimate of drug-likeness (QED) is 0.385. The molecule has 0 bridgehead atoms. The summed E-state index contributed by atoms with van der Waals surface area (Å²) in [5, 5.41) is 12.9. The third-order valence-corrected chi connectivity index (χ3v) is 4.34. The standard InChI is InChI=1S/C16H14FN3O5/c17-12-6-5-9(20(24)25)7-13(12)18-14(21)8-19-15(22)10-3-1-2-4-11(10)16(19)23/h1-2,5-7,10-11H,3-4,8H2,(H,18,21)/t10-,11+. The van der Waals surface area contributed by atoms with Crippen molar-refractivity contribution >= 4 is 29.1 Å². The van der Waals surface area contributed by atoms with Crippen LogP contribution in [0.5, 0.6) is 0 Å². The Morgan fingerprint density at radius 2 is 1.84 bits per heavy atom. The highest BCUT2D eigenvalue weighted by atomic mass is 19.1. The number of hydrogen-bond acceptors (Lipinski definition) is 5. The molecule has 1 aromatic rings. The molecule has 1 saturated heterocycles. The van der Waals surface area contributed by atoms with E-state index < -0.39 is 46.8 Å². The molecule has 0 unspecified atom stereocenters. The van der Waals surface area contributed by atoms with Crippen LogP contribution in [0.25, 0.3) is 0 Å². The van der Waals surface area contributed by atoms with Crippen LogP contribution in [-0.4, -0.2) is 34.1 Å². The van der Waals surface area contributed by atoms with Crippen molar-refractivity contribution in [3.05, 3.63) is 46.3 Å². The Morgan fingerprint density at radius 3 is 2.40 bits per heavy atom. The number of anilines is 1. The predicted molar refractivity (Wildman–Crippen MR) is 83.8 cm³/mol. The molecule has 9 heteroatoms. The molecule has 1 aromatic carbocycles. The van der Waals surface area contributed by atoms with E-state index in [1.54, 1.807) is 0 Å². The first-order valence-electron chi connectivity index (χ1n) is 7.62. The molecular weight excluding hydrogens is 333 g/mol. The lowest BCUT2D eigenvalue weighted by atomic mass is 9.85. The Hall–Kier alpha value is -3.10. The second-order valence-corrected chi connectivity index (χ2v) is 5.89. The van der Waals surface area contributed by atoms with Crippen LogP contribution >= 0.6 is 0 Å². The van der Waals surface area contributed by atoms with Crippen LogP contribution in [0.15, 0.2) is 30.4 Å². The zero-order valence-corrected chi connectivity index (χ0v) is 13.0. The maximum atomic E-state index is 13.7. The minimum absolute atomic E-state index is 0.377. The fraction of sp³-hybridized carbons (Fsp3) is 0.312. The van der Waals surface area contributed by atoms with E-state index in [1.807, 2.05) is 12.2 Å². The number of halogens is 1. The molecule has 1 heterocycles. The highest BCUT2D eigenvalue weighted by Gasteiger charge is 2.47. The van der Waals surface area contributed by atoms with Crippen molar-refractivity contribution in [2.24, 2.45) is 11.8 Å². The Bertz CT molecular complexity index is 781. The average molecular weight is 347 g/mol. The molecule has 0 radical (unpaired) electrons. The third kappa shape index (κ3) is 3.12. The summed E-state index contributed by atoms with van der Waals surface area (Å²) < 4.78 is 13.7. The lowest BCUT2D eigenvalue weighted by molar-refractivity contribution is -0.384. The molecule has 130 valence electrons. The van der Waals surface area contributed by atoms with Gasteiger partial charge in [-0.2, -0.15) is 0 Å². The second kappa shape index (κ2) is 6.42. The van der Waals surface area contributed by atoms with Gasteiger partial charge < -0.3 is 5.32 Å². The molecule has 1 aliphatic carbocycles. The molecule has 25 heavy (non-hydrogen) atoms. The van der Waals surface area contributed by atoms with Crippen molar-refractivity contribution in [3.63, 3.8) is 0 Å². The molecule has 0 aromatic heterocycles. The number of non-ortho nitro benzene ring substituents is 1. The lowest BCUT2D eigenvalue weighted by Gasteiger charge is -2.14. The largest absolute Gasteiger partial charge is 0.322 e. The first-order valence-corrected chi connectivity index (χ1v) is 7.62. The molecule has 1 fully saturated rings. The second-order valence-electron chi connectivity index (χ2n) is 5.89. The molecule has 2 aliphatic rings. The summed E-state index contributed by atoms with van der Waals surface area (Å²) in [5.41, 5.74) is -0.764. The maximum absolute atomic E-state index is 13.7. The number of nitro groups is 1. The van der Waals surface area contributed by atoms with Gasteiger partial charge in [-0.3, -0.25) is 29.4 Å². The van der Waals surface area contributed by atoms with Crippen molar-refractivity contribution in [1.82, 2.24) is 4.90 Å². The summed E-state index contributed by atoms with van der Waals surface area (Å²) in [6, 6.07) is 2.71. The van der Waals surface area contributed by atoms with Gasteiger partial charge in [-0.25, -0.2) is 4.39 Å². The number of carbonyl (C=O) groups excluding carboxylic acids is 3. The number of amides is 3. The monoisotopic (exact) mass is 347 g/mol. The van der Waals surface area contributed by atoms with Gasteiger partial charge in [0.1, 0.15) is 12.4 Å².